The number of hydrogen-bond acceptors (Lipinski definition) is 3. The summed E-state index contributed by atoms with van der Waals surface area (Å²) in [6.45, 7) is 2.18. The van der Waals surface area contributed by atoms with Crippen LogP contribution in [0.5, 0.6) is 0 Å². The summed E-state index contributed by atoms with van der Waals surface area (Å²) in [4.78, 5) is 2.93. The third kappa shape index (κ3) is 3.20. The highest BCUT2D eigenvalue weighted by Gasteiger charge is 2.19. The first-order valence-electron chi connectivity index (χ1n) is 7.98. The molecule has 1 unspecified atom stereocenters. The maximum Gasteiger partial charge on any atom is 0.0802 e. The van der Waals surface area contributed by atoms with Gasteiger partial charge in [0.05, 0.1) is 6.04 Å². The van der Waals surface area contributed by atoms with Crippen LogP contribution in [0.25, 0.3) is 0 Å². The second kappa shape index (κ2) is 6.73. The van der Waals surface area contributed by atoms with Gasteiger partial charge >= 0.3 is 0 Å². The maximum atomic E-state index is 5.85. The first kappa shape index (κ1) is 14.8. The molecule has 0 radical (unpaired) electrons. The molecule has 3 heteroatoms. The largest absolute Gasteiger partial charge is 0.271 e. The predicted molar refractivity (Wildman–Crippen MR) is 90.6 cm³/mol. The molecule has 21 heavy (non-hydrogen) atoms. The van der Waals surface area contributed by atoms with Crippen molar-refractivity contribution in [3.8, 4) is 0 Å². The SMILES string of the molecule is CCc1ccc(C(NN)c2cc3c(s2)CCCCC3)cc1. The van der Waals surface area contributed by atoms with Gasteiger partial charge in [0.25, 0.3) is 0 Å². The fraction of sp³-hybridized carbons (Fsp3) is 0.444. The van der Waals surface area contributed by atoms with Crippen LogP contribution in [-0.4, -0.2) is 0 Å². The van der Waals surface area contributed by atoms with E-state index in [1.54, 1.807) is 10.4 Å². The lowest BCUT2D eigenvalue weighted by Crippen LogP contribution is -2.28. The smallest absolute Gasteiger partial charge is 0.0802 e. The van der Waals surface area contributed by atoms with Gasteiger partial charge in [-0.25, -0.2) is 5.43 Å². The van der Waals surface area contributed by atoms with Crippen LogP contribution in [0.1, 0.15) is 58.7 Å². The Bertz CT molecular complexity index is 562. The molecular weight excluding hydrogens is 276 g/mol. The van der Waals surface area contributed by atoms with Crippen molar-refractivity contribution in [2.45, 2.75) is 51.5 Å². The van der Waals surface area contributed by atoms with E-state index in [1.165, 1.54) is 48.1 Å². The van der Waals surface area contributed by atoms with Gasteiger partial charge in [0, 0.05) is 9.75 Å². The summed E-state index contributed by atoms with van der Waals surface area (Å²) in [7, 11) is 0. The molecule has 1 heterocycles. The number of hydrogen-bond donors (Lipinski definition) is 2. The second-order valence-corrected chi connectivity index (χ2v) is 7.02. The molecule has 0 spiro atoms. The molecule has 2 nitrogen and oxygen atoms in total. The van der Waals surface area contributed by atoms with E-state index in [9.17, 15) is 0 Å². The van der Waals surface area contributed by atoms with E-state index in [2.05, 4.69) is 42.7 Å². The average Bonchev–Trinajstić information content (AvgIpc) is 2.79. The number of aryl methyl sites for hydroxylation is 3. The molecule has 0 amide bonds. The molecule has 1 aromatic heterocycles. The van der Waals surface area contributed by atoms with Crippen LogP contribution in [0.2, 0.25) is 0 Å². The first-order chi connectivity index (χ1) is 10.3. The van der Waals surface area contributed by atoms with Gasteiger partial charge in [-0.3, -0.25) is 5.84 Å². The molecular formula is C18H24N2S. The van der Waals surface area contributed by atoms with Gasteiger partial charge < -0.3 is 0 Å². The van der Waals surface area contributed by atoms with Crippen molar-refractivity contribution in [3.63, 3.8) is 0 Å². The molecule has 1 aromatic carbocycles. The van der Waals surface area contributed by atoms with E-state index in [-0.39, 0.29) is 6.04 Å². The van der Waals surface area contributed by atoms with Gasteiger partial charge in [-0.1, -0.05) is 37.6 Å². The fourth-order valence-corrected chi connectivity index (χ4v) is 4.47. The molecule has 1 aliphatic rings. The van der Waals surface area contributed by atoms with Crippen molar-refractivity contribution in [2.75, 3.05) is 0 Å². The van der Waals surface area contributed by atoms with E-state index >= 15 is 0 Å². The number of benzene rings is 1. The van der Waals surface area contributed by atoms with Crippen LogP contribution < -0.4 is 11.3 Å². The minimum absolute atomic E-state index is 0.118. The minimum Gasteiger partial charge on any atom is -0.271 e. The maximum absolute atomic E-state index is 5.85. The van der Waals surface area contributed by atoms with Crippen LogP contribution in [0.4, 0.5) is 0 Å². The zero-order valence-electron chi connectivity index (χ0n) is 12.7. The molecule has 1 atom stereocenters. The molecule has 0 fully saturated rings. The van der Waals surface area contributed by atoms with Crippen molar-refractivity contribution >= 4 is 11.3 Å². The Kier molecular flexibility index (Phi) is 4.73. The average molecular weight is 300 g/mol. The van der Waals surface area contributed by atoms with E-state index in [4.69, 9.17) is 5.84 Å². The molecule has 3 rings (SSSR count). The molecule has 2 aromatic rings. The summed E-state index contributed by atoms with van der Waals surface area (Å²) in [5.74, 6) is 5.85. The van der Waals surface area contributed by atoms with E-state index in [0.717, 1.165) is 6.42 Å². The quantitative estimate of drug-likeness (QED) is 0.506. The van der Waals surface area contributed by atoms with Gasteiger partial charge in [-0.15, -0.1) is 11.3 Å². The van der Waals surface area contributed by atoms with E-state index < -0.39 is 0 Å². The molecule has 0 saturated heterocycles. The number of nitrogens with one attached hydrogen (secondary N) is 1. The first-order valence-corrected chi connectivity index (χ1v) is 8.80. The van der Waals surface area contributed by atoms with Gasteiger partial charge in [-0.05, 0) is 54.9 Å². The Morgan fingerprint density at radius 1 is 1.14 bits per heavy atom. The summed E-state index contributed by atoms with van der Waals surface area (Å²) in [5, 5.41) is 0. The normalized spacial score (nSPS) is 16.3. The highest BCUT2D eigenvalue weighted by Crippen LogP contribution is 2.34. The highest BCUT2D eigenvalue weighted by atomic mass is 32.1. The van der Waals surface area contributed by atoms with Gasteiger partial charge in [0.15, 0.2) is 0 Å². The van der Waals surface area contributed by atoms with Crippen LogP contribution >= 0.6 is 11.3 Å². The number of hydrazine groups is 1. The number of fused-ring (bicyclic) bond motifs is 1. The van der Waals surface area contributed by atoms with Crippen molar-refractivity contribution in [3.05, 3.63) is 56.8 Å². The number of nitrogens with two attached hydrogens (primary N) is 1. The van der Waals surface area contributed by atoms with Crippen molar-refractivity contribution in [1.82, 2.24) is 5.43 Å². The zero-order valence-corrected chi connectivity index (χ0v) is 13.5. The Labute approximate surface area is 131 Å². The predicted octanol–water partition coefficient (Wildman–Crippen LogP) is 4.13. The summed E-state index contributed by atoms with van der Waals surface area (Å²) in [6.07, 6.45) is 7.58. The van der Waals surface area contributed by atoms with Crippen molar-refractivity contribution < 1.29 is 0 Å². The highest BCUT2D eigenvalue weighted by molar-refractivity contribution is 7.12. The van der Waals surface area contributed by atoms with Gasteiger partial charge in [0.1, 0.15) is 0 Å². The summed E-state index contributed by atoms with van der Waals surface area (Å²) in [5.41, 5.74) is 7.19. The molecule has 0 saturated carbocycles. The van der Waals surface area contributed by atoms with Crippen molar-refractivity contribution in [1.29, 1.82) is 0 Å². The minimum atomic E-state index is 0.118. The van der Waals surface area contributed by atoms with Crippen LogP contribution in [0.3, 0.4) is 0 Å². The molecule has 112 valence electrons. The molecule has 0 bridgehead atoms. The van der Waals surface area contributed by atoms with E-state index in [1.807, 2.05) is 11.3 Å². The lowest BCUT2D eigenvalue weighted by Gasteiger charge is -2.15. The number of thiophene rings is 1. The number of rotatable bonds is 4. The lowest BCUT2D eigenvalue weighted by molar-refractivity contribution is 0.645. The van der Waals surface area contributed by atoms with Crippen LogP contribution in [-0.2, 0) is 19.3 Å². The third-order valence-electron chi connectivity index (χ3n) is 4.44. The van der Waals surface area contributed by atoms with Crippen molar-refractivity contribution in [2.24, 2.45) is 5.84 Å². The Hall–Kier alpha value is -1.16. The van der Waals surface area contributed by atoms with Gasteiger partial charge in [0.2, 0.25) is 0 Å². The molecule has 3 N–H and O–H groups in total. The molecule has 0 aliphatic heterocycles. The summed E-state index contributed by atoms with van der Waals surface area (Å²) in [6, 6.07) is 11.3. The molecule has 1 aliphatic carbocycles. The standard InChI is InChI=1S/C18H24N2S/c1-2-13-8-10-14(11-9-13)18(20-19)17-12-15-6-4-3-5-7-16(15)21-17/h8-12,18,20H,2-7,19H2,1H3. The summed E-state index contributed by atoms with van der Waals surface area (Å²) < 4.78 is 0. The van der Waals surface area contributed by atoms with Crippen LogP contribution in [0, 0.1) is 0 Å². The summed E-state index contributed by atoms with van der Waals surface area (Å²) >= 11 is 1.94. The van der Waals surface area contributed by atoms with Gasteiger partial charge in [-0.2, -0.15) is 0 Å². The second-order valence-electron chi connectivity index (χ2n) is 5.85. The fourth-order valence-electron chi connectivity index (χ4n) is 3.12. The monoisotopic (exact) mass is 300 g/mol. The Morgan fingerprint density at radius 3 is 2.62 bits per heavy atom. The third-order valence-corrected chi connectivity index (χ3v) is 5.74. The van der Waals surface area contributed by atoms with E-state index in [0.29, 0.717) is 0 Å². The zero-order chi connectivity index (χ0) is 14.7. The Balaban J connectivity index is 1.88. The topological polar surface area (TPSA) is 38.0 Å². The van der Waals surface area contributed by atoms with Crippen LogP contribution in [0.15, 0.2) is 30.3 Å². The lowest BCUT2D eigenvalue weighted by atomic mass is 10.0. The Morgan fingerprint density at radius 2 is 1.90 bits per heavy atom.